The summed E-state index contributed by atoms with van der Waals surface area (Å²) >= 11 is 6.44. The quantitative estimate of drug-likeness (QED) is 0.607. The summed E-state index contributed by atoms with van der Waals surface area (Å²) in [5, 5.41) is 3.39. The SMILES string of the molecule is COc1cc(-n2cccc2)c(Cl)cc1C(=O)NCc1ccc(N2CC(C)OC(C)C2)nc1. The Hall–Kier alpha value is -3.03. The Bertz CT molecular complexity index is 1060. The average Bonchev–Trinajstić information content (AvgIpc) is 3.31. The topological polar surface area (TPSA) is 68.6 Å². The van der Waals surface area contributed by atoms with Crippen LogP contribution in [-0.2, 0) is 11.3 Å². The monoisotopic (exact) mass is 454 g/mol. The fourth-order valence-corrected chi connectivity index (χ4v) is 4.19. The number of carbonyl (C=O) groups is 1. The van der Waals surface area contributed by atoms with Gasteiger partial charge in [-0.15, -0.1) is 0 Å². The van der Waals surface area contributed by atoms with E-state index in [-0.39, 0.29) is 18.1 Å². The first-order valence-corrected chi connectivity index (χ1v) is 11.0. The van der Waals surface area contributed by atoms with Crippen LogP contribution in [0.15, 0.2) is 55.0 Å². The third-order valence-corrected chi connectivity index (χ3v) is 5.70. The first kappa shape index (κ1) is 22.2. The van der Waals surface area contributed by atoms with E-state index >= 15 is 0 Å². The molecule has 1 aromatic carbocycles. The van der Waals surface area contributed by atoms with Gasteiger partial charge in [-0.05, 0) is 43.7 Å². The number of nitrogens with one attached hydrogen (secondary N) is 1. The zero-order chi connectivity index (χ0) is 22.7. The van der Waals surface area contributed by atoms with Crippen LogP contribution in [0.5, 0.6) is 5.75 Å². The molecule has 168 valence electrons. The standard InChI is InChI=1S/C24H27ClN4O3/c1-16-14-29(15-17(2)32-16)23-7-6-18(12-26-23)13-27-24(30)19-10-20(25)21(11-22(19)31-3)28-8-4-5-9-28/h4-12,16-17H,13-15H2,1-3H3,(H,27,30). The van der Waals surface area contributed by atoms with Crippen LogP contribution in [0, 0.1) is 0 Å². The Balaban J connectivity index is 1.43. The molecular weight excluding hydrogens is 428 g/mol. The van der Waals surface area contributed by atoms with E-state index in [4.69, 9.17) is 21.1 Å². The van der Waals surface area contributed by atoms with Crippen LogP contribution in [0.4, 0.5) is 5.82 Å². The highest BCUT2D eigenvalue weighted by Crippen LogP contribution is 2.30. The van der Waals surface area contributed by atoms with Gasteiger partial charge in [-0.2, -0.15) is 0 Å². The number of hydrogen-bond acceptors (Lipinski definition) is 5. The maximum absolute atomic E-state index is 12.8. The minimum absolute atomic E-state index is 0.172. The molecule has 1 N–H and O–H groups in total. The molecule has 0 bridgehead atoms. The van der Waals surface area contributed by atoms with Crippen LogP contribution in [0.1, 0.15) is 29.8 Å². The van der Waals surface area contributed by atoms with Gasteiger partial charge in [-0.25, -0.2) is 4.98 Å². The molecule has 3 heterocycles. The van der Waals surface area contributed by atoms with Crippen LogP contribution in [0.3, 0.4) is 0 Å². The van der Waals surface area contributed by atoms with E-state index in [1.165, 1.54) is 7.11 Å². The van der Waals surface area contributed by atoms with Crippen LogP contribution in [0.25, 0.3) is 5.69 Å². The number of nitrogens with zero attached hydrogens (tertiary/aromatic N) is 3. The molecule has 0 spiro atoms. The van der Waals surface area contributed by atoms with Crippen molar-refractivity contribution in [1.82, 2.24) is 14.9 Å². The van der Waals surface area contributed by atoms with E-state index in [1.54, 1.807) is 18.3 Å². The average molecular weight is 455 g/mol. The van der Waals surface area contributed by atoms with Crippen molar-refractivity contribution in [3.8, 4) is 11.4 Å². The van der Waals surface area contributed by atoms with Gasteiger partial charge in [0.2, 0.25) is 0 Å². The van der Waals surface area contributed by atoms with Crippen molar-refractivity contribution in [2.45, 2.75) is 32.6 Å². The molecular formula is C24H27ClN4O3. The first-order chi connectivity index (χ1) is 15.4. The van der Waals surface area contributed by atoms with Gasteiger partial charge in [0.05, 0.1) is 35.6 Å². The molecule has 1 saturated heterocycles. The second kappa shape index (κ2) is 9.63. The molecule has 2 atom stereocenters. The highest BCUT2D eigenvalue weighted by atomic mass is 35.5. The first-order valence-electron chi connectivity index (χ1n) is 10.6. The number of amides is 1. The molecule has 0 saturated carbocycles. The number of methoxy groups -OCH3 is 1. The van der Waals surface area contributed by atoms with Gasteiger partial charge in [0, 0.05) is 44.3 Å². The van der Waals surface area contributed by atoms with Gasteiger partial charge in [0.25, 0.3) is 5.91 Å². The normalized spacial score (nSPS) is 18.4. The predicted octanol–water partition coefficient (Wildman–Crippen LogP) is 4.08. The predicted molar refractivity (Wildman–Crippen MR) is 125 cm³/mol. The van der Waals surface area contributed by atoms with Crippen LogP contribution >= 0.6 is 11.6 Å². The molecule has 7 nitrogen and oxygen atoms in total. The summed E-state index contributed by atoms with van der Waals surface area (Å²) in [6, 6.07) is 11.2. The van der Waals surface area contributed by atoms with E-state index < -0.39 is 0 Å². The van der Waals surface area contributed by atoms with Gasteiger partial charge >= 0.3 is 0 Å². The highest BCUT2D eigenvalue weighted by molar-refractivity contribution is 6.33. The molecule has 0 aliphatic carbocycles. The lowest BCUT2D eigenvalue weighted by molar-refractivity contribution is -0.00546. The Labute approximate surface area is 192 Å². The van der Waals surface area contributed by atoms with Gasteiger partial charge in [0.1, 0.15) is 11.6 Å². The zero-order valence-corrected chi connectivity index (χ0v) is 19.2. The molecule has 0 radical (unpaired) electrons. The van der Waals surface area contributed by atoms with Crippen molar-refractivity contribution in [2.24, 2.45) is 0 Å². The summed E-state index contributed by atoms with van der Waals surface area (Å²) in [4.78, 5) is 19.6. The zero-order valence-electron chi connectivity index (χ0n) is 18.4. The fourth-order valence-electron chi connectivity index (χ4n) is 3.93. The summed E-state index contributed by atoms with van der Waals surface area (Å²) in [5.74, 6) is 1.11. The maximum atomic E-state index is 12.8. The molecule has 1 fully saturated rings. The van der Waals surface area contributed by atoms with Crippen LogP contribution in [-0.4, -0.2) is 47.9 Å². The van der Waals surface area contributed by atoms with Crippen molar-refractivity contribution in [1.29, 1.82) is 0 Å². The molecule has 2 unspecified atom stereocenters. The Morgan fingerprint density at radius 2 is 1.94 bits per heavy atom. The van der Waals surface area contributed by atoms with Gasteiger partial charge in [-0.1, -0.05) is 17.7 Å². The Morgan fingerprint density at radius 3 is 2.56 bits per heavy atom. The highest BCUT2D eigenvalue weighted by Gasteiger charge is 2.23. The molecule has 32 heavy (non-hydrogen) atoms. The minimum Gasteiger partial charge on any atom is -0.496 e. The maximum Gasteiger partial charge on any atom is 0.255 e. The molecule has 4 rings (SSSR count). The summed E-state index contributed by atoms with van der Waals surface area (Å²) < 4.78 is 13.1. The van der Waals surface area contributed by atoms with Gasteiger partial charge in [0.15, 0.2) is 0 Å². The molecule has 3 aromatic rings. The Morgan fingerprint density at radius 1 is 1.22 bits per heavy atom. The van der Waals surface area contributed by atoms with E-state index in [2.05, 4.69) is 29.0 Å². The van der Waals surface area contributed by atoms with Gasteiger partial charge in [-0.3, -0.25) is 4.79 Å². The van der Waals surface area contributed by atoms with Crippen molar-refractivity contribution in [3.05, 3.63) is 71.1 Å². The molecule has 8 heteroatoms. The summed E-state index contributed by atoms with van der Waals surface area (Å²) in [5.41, 5.74) is 2.04. The number of pyridine rings is 1. The van der Waals surface area contributed by atoms with E-state index in [1.807, 2.05) is 41.2 Å². The van der Waals surface area contributed by atoms with Crippen molar-refractivity contribution in [2.75, 3.05) is 25.1 Å². The van der Waals surface area contributed by atoms with Crippen LogP contribution < -0.4 is 15.0 Å². The summed E-state index contributed by atoms with van der Waals surface area (Å²) in [7, 11) is 1.54. The van der Waals surface area contributed by atoms with Crippen molar-refractivity contribution >= 4 is 23.3 Å². The number of morpholine rings is 1. The largest absolute Gasteiger partial charge is 0.496 e. The lowest BCUT2D eigenvalue weighted by Crippen LogP contribution is -2.45. The minimum atomic E-state index is -0.261. The summed E-state index contributed by atoms with van der Waals surface area (Å²) in [6.07, 6.45) is 5.90. The number of benzene rings is 1. The number of ether oxygens (including phenoxy) is 2. The third kappa shape index (κ3) is 4.89. The number of aromatic nitrogens is 2. The number of anilines is 1. The molecule has 1 aliphatic heterocycles. The number of rotatable bonds is 6. The number of halogens is 1. The fraction of sp³-hybridized carbons (Fsp3) is 0.333. The lowest BCUT2D eigenvalue weighted by Gasteiger charge is -2.36. The number of carbonyl (C=O) groups excluding carboxylic acids is 1. The van der Waals surface area contributed by atoms with Crippen molar-refractivity contribution in [3.63, 3.8) is 0 Å². The molecule has 1 amide bonds. The third-order valence-electron chi connectivity index (χ3n) is 5.40. The summed E-state index contributed by atoms with van der Waals surface area (Å²) in [6.45, 7) is 6.11. The molecule has 2 aromatic heterocycles. The van der Waals surface area contributed by atoms with E-state index in [9.17, 15) is 4.79 Å². The van der Waals surface area contributed by atoms with E-state index in [0.717, 1.165) is 30.2 Å². The second-order valence-electron chi connectivity index (χ2n) is 7.96. The van der Waals surface area contributed by atoms with Crippen LogP contribution in [0.2, 0.25) is 5.02 Å². The van der Waals surface area contributed by atoms with E-state index in [0.29, 0.717) is 22.9 Å². The lowest BCUT2D eigenvalue weighted by atomic mass is 10.1. The smallest absolute Gasteiger partial charge is 0.255 e. The Kier molecular flexibility index (Phi) is 6.67. The van der Waals surface area contributed by atoms with Gasteiger partial charge < -0.3 is 24.3 Å². The second-order valence-corrected chi connectivity index (χ2v) is 8.37. The molecule has 1 aliphatic rings. The van der Waals surface area contributed by atoms with Crippen molar-refractivity contribution < 1.29 is 14.3 Å². The number of hydrogen-bond donors (Lipinski definition) is 1.